The fourth-order valence-electron chi connectivity index (χ4n) is 4.18. The summed E-state index contributed by atoms with van der Waals surface area (Å²) in [6.45, 7) is 4.64. The zero-order valence-electron chi connectivity index (χ0n) is 17.2. The van der Waals surface area contributed by atoms with Gasteiger partial charge in [-0.05, 0) is 56.0 Å². The lowest BCUT2D eigenvalue weighted by Gasteiger charge is -2.17. The molecule has 5 rings (SSSR count). The minimum atomic E-state index is -0.361. The highest BCUT2D eigenvalue weighted by atomic mass is 16.2. The number of para-hydroxylation sites is 2. The molecule has 0 bridgehead atoms. The molecule has 1 fully saturated rings. The Balaban J connectivity index is 1.29. The van der Waals surface area contributed by atoms with Crippen molar-refractivity contribution >= 4 is 16.9 Å². The van der Waals surface area contributed by atoms with E-state index < -0.39 is 0 Å². The molecule has 0 saturated heterocycles. The third-order valence-corrected chi connectivity index (χ3v) is 5.92. The maximum atomic E-state index is 13.0. The van der Waals surface area contributed by atoms with Crippen LogP contribution in [0.15, 0.2) is 67.1 Å². The van der Waals surface area contributed by atoms with Crippen molar-refractivity contribution in [3.8, 4) is 5.82 Å². The first-order valence-corrected chi connectivity index (χ1v) is 10.3. The average Bonchev–Trinajstić information content (AvgIpc) is 3.45. The smallest absolute Gasteiger partial charge is 0.230 e. The molecule has 30 heavy (non-hydrogen) atoms. The Kier molecular flexibility index (Phi) is 4.39. The number of hydrogen-bond donors (Lipinski definition) is 1. The SMILES string of the molecule is Cc1cc(C)cc(C2(C(=O)NCc3ccc(-n4cnc5ccccc54)nc3)CC2)c1. The molecule has 5 nitrogen and oxygen atoms in total. The van der Waals surface area contributed by atoms with Crippen LogP contribution in [0.3, 0.4) is 0 Å². The van der Waals surface area contributed by atoms with Crippen LogP contribution in [0.4, 0.5) is 0 Å². The molecule has 1 saturated carbocycles. The summed E-state index contributed by atoms with van der Waals surface area (Å²) in [4.78, 5) is 22.0. The topological polar surface area (TPSA) is 59.8 Å². The van der Waals surface area contributed by atoms with Crippen LogP contribution in [0.5, 0.6) is 0 Å². The van der Waals surface area contributed by atoms with Crippen LogP contribution in [0, 0.1) is 13.8 Å². The average molecular weight is 396 g/mol. The number of nitrogens with one attached hydrogen (secondary N) is 1. The van der Waals surface area contributed by atoms with Crippen molar-refractivity contribution in [3.05, 3.63) is 89.4 Å². The summed E-state index contributed by atoms with van der Waals surface area (Å²) in [6, 6.07) is 18.4. The van der Waals surface area contributed by atoms with Gasteiger partial charge in [-0.15, -0.1) is 0 Å². The van der Waals surface area contributed by atoms with Gasteiger partial charge in [0.1, 0.15) is 12.1 Å². The molecule has 150 valence electrons. The first-order valence-electron chi connectivity index (χ1n) is 10.3. The summed E-state index contributed by atoms with van der Waals surface area (Å²) in [5.74, 6) is 0.921. The Bertz CT molecular complexity index is 1220. The molecule has 1 aliphatic carbocycles. The van der Waals surface area contributed by atoms with E-state index in [0.29, 0.717) is 6.54 Å². The van der Waals surface area contributed by atoms with Gasteiger partial charge in [0, 0.05) is 12.7 Å². The number of aromatic nitrogens is 3. The molecule has 1 amide bonds. The highest BCUT2D eigenvalue weighted by molar-refractivity contribution is 5.91. The van der Waals surface area contributed by atoms with E-state index in [-0.39, 0.29) is 11.3 Å². The van der Waals surface area contributed by atoms with Crippen molar-refractivity contribution in [1.29, 1.82) is 0 Å². The highest BCUT2D eigenvalue weighted by Crippen LogP contribution is 2.48. The number of hydrogen-bond acceptors (Lipinski definition) is 3. The van der Waals surface area contributed by atoms with Gasteiger partial charge in [0.2, 0.25) is 5.91 Å². The van der Waals surface area contributed by atoms with Crippen molar-refractivity contribution in [2.45, 2.75) is 38.6 Å². The van der Waals surface area contributed by atoms with Crippen LogP contribution in [-0.4, -0.2) is 20.4 Å². The molecular formula is C25H24N4O. The summed E-state index contributed by atoms with van der Waals surface area (Å²) in [5.41, 5.74) is 6.13. The third kappa shape index (κ3) is 3.26. The van der Waals surface area contributed by atoms with Gasteiger partial charge >= 0.3 is 0 Å². The molecule has 2 aromatic heterocycles. The molecule has 1 aliphatic rings. The number of carbonyl (C=O) groups is 1. The second-order valence-corrected chi connectivity index (χ2v) is 8.27. The zero-order chi connectivity index (χ0) is 20.7. The van der Waals surface area contributed by atoms with Crippen LogP contribution in [0.25, 0.3) is 16.9 Å². The van der Waals surface area contributed by atoms with Crippen LogP contribution in [0.2, 0.25) is 0 Å². The van der Waals surface area contributed by atoms with Gasteiger partial charge in [0.25, 0.3) is 0 Å². The Hall–Kier alpha value is -3.47. The number of fused-ring (bicyclic) bond motifs is 1. The lowest BCUT2D eigenvalue weighted by Crippen LogP contribution is -2.34. The van der Waals surface area contributed by atoms with Crippen LogP contribution in [0.1, 0.15) is 35.1 Å². The standard InChI is InChI=1S/C25H24N4O/c1-17-11-18(2)13-20(12-17)25(9-10-25)24(30)27-15-19-7-8-23(26-14-19)29-16-28-21-5-3-4-6-22(21)29/h3-8,11-14,16H,9-10,15H2,1-2H3,(H,27,30). The fraction of sp³-hybridized carbons (Fsp3) is 0.240. The van der Waals surface area contributed by atoms with E-state index in [1.54, 1.807) is 6.33 Å². The summed E-state index contributed by atoms with van der Waals surface area (Å²) in [7, 11) is 0. The predicted molar refractivity (Wildman–Crippen MR) is 118 cm³/mol. The largest absolute Gasteiger partial charge is 0.351 e. The second kappa shape index (κ2) is 7.10. The van der Waals surface area contributed by atoms with E-state index in [4.69, 9.17) is 0 Å². The monoisotopic (exact) mass is 396 g/mol. The lowest BCUT2D eigenvalue weighted by atomic mass is 9.92. The molecule has 5 heteroatoms. The Labute approximate surface area is 175 Å². The molecule has 4 aromatic rings. The molecule has 0 spiro atoms. The van der Waals surface area contributed by atoms with E-state index in [9.17, 15) is 4.79 Å². The van der Waals surface area contributed by atoms with Gasteiger partial charge in [0.15, 0.2) is 0 Å². The molecule has 2 aromatic carbocycles. The first-order chi connectivity index (χ1) is 14.5. The van der Waals surface area contributed by atoms with Crippen LogP contribution < -0.4 is 5.32 Å². The normalized spacial score (nSPS) is 14.6. The van der Waals surface area contributed by atoms with Crippen molar-refractivity contribution in [1.82, 2.24) is 19.9 Å². The summed E-state index contributed by atoms with van der Waals surface area (Å²) < 4.78 is 1.97. The van der Waals surface area contributed by atoms with E-state index >= 15 is 0 Å². The number of amides is 1. The molecule has 1 N–H and O–H groups in total. The Morgan fingerprint density at radius 1 is 1.03 bits per heavy atom. The summed E-state index contributed by atoms with van der Waals surface area (Å²) in [6.07, 6.45) is 5.43. The van der Waals surface area contributed by atoms with Gasteiger partial charge in [-0.2, -0.15) is 0 Å². The maximum absolute atomic E-state index is 13.0. The maximum Gasteiger partial charge on any atom is 0.230 e. The minimum Gasteiger partial charge on any atom is -0.351 e. The minimum absolute atomic E-state index is 0.109. The number of carbonyl (C=O) groups excluding carboxylic acids is 1. The van der Waals surface area contributed by atoms with Gasteiger partial charge in [-0.25, -0.2) is 9.97 Å². The number of imidazole rings is 1. The zero-order valence-corrected chi connectivity index (χ0v) is 17.2. The Morgan fingerprint density at radius 3 is 2.50 bits per heavy atom. The third-order valence-electron chi connectivity index (χ3n) is 5.92. The second-order valence-electron chi connectivity index (χ2n) is 8.27. The summed E-state index contributed by atoms with van der Waals surface area (Å²) >= 11 is 0. The molecule has 0 atom stereocenters. The van der Waals surface area contributed by atoms with E-state index in [1.165, 1.54) is 11.1 Å². The molecule has 0 aliphatic heterocycles. The van der Waals surface area contributed by atoms with Gasteiger partial charge in [0.05, 0.1) is 16.4 Å². The predicted octanol–water partition coefficient (Wildman–Crippen LogP) is 4.39. The molecule has 0 radical (unpaired) electrons. The molecule has 0 unspecified atom stereocenters. The van der Waals surface area contributed by atoms with Crippen LogP contribution >= 0.6 is 0 Å². The lowest BCUT2D eigenvalue weighted by molar-refractivity contribution is -0.123. The van der Waals surface area contributed by atoms with E-state index in [0.717, 1.165) is 40.8 Å². The number of benzene rings is 2. The highest BCUT2D eigenvalue weighted by Gasteiger charge is 2.51. The van der Waals surface area contributed by atoms with Crippen molar-refractivity contribution < 1.29 is 4.79 Å². The van der Waals surface area contributed by atoms with Crippen molar-refractivity contribution in [3.63, 3.8) is 0 Å². The molecule has 2 heterocycles. The fourth-order valence-corrected chi connectivity index (χ4v) is 4.18. The van der Waals surface area contributed by atoms with Crippen molar-refractivity contribution in [2.75, 3.05) is 0 Å². The van der Waals surface area contributed by atoms with Crippen molar-refractivity contribution in [2.24, 2.45) is 0 Å². The van der Waals surface area contributed by atoms with Crippen LogP contribution in [-0.2, 0) is 16.8 Å². The molecular weight excluding hydrogens is 372 g/mol. The Morgan fingerprint density at radius 2 is 1.80 bits per heavy atom. The summed E-state index contributed by atoms with van der Waals surface area (Å²) in [5, 5.41) is 3.12. The number of aryl methyl sites for hydroxylation is 2. The number of nitrogens with zero attached hydrogens (tertiary/aromatic N) is 3. The van der Waals surface area contributed by atoms with Gasteiger partial charge < -0.3 is 5.32 Å². The van der Waals surface area contributed by atoms with E-state index in [1.807, 2.05) is 47.2 Å². The quantitative estimate of drug-likeness (QED) is 0.544. The van der Waals surface area contributed by atoms with Gasteiger partial charge in [-0.1, -0.05) is 47.5 Å². The first kappa shape index (κ1) is 18.6. The van der Waals surface area contributed by atoms with E-state index in [2.05, 4.69) is 47.3 Å². The number of rotatable bonds is 5. The number of pyridine rings is 1. The van der Waals surface area contributed by atoms with Gasteiger partial charge in [-0.3, -0.25) is 9.36 Å².